The van der Waals surface area contributed by atoms with Gasteiger partial charge in [0.25, 0.3) is 0 Å². The first-order chi connectivity index (χ1) is 7.33. The fraction of sp³-hybridized carbons (Fsp3) is 0.455. The first kappa shape index (κ1) is 8.85. The second kappa shape index (κ2) is 3.31. The van der Waals surface area contributed by atoms with Crippen LogP contribution in [0.1, 0.15) is 31.0 Å². The molecule has 4 heteroatoms. The van der Waals surface area contributed by atoms with Crippen LogP contribution >= 0.6 is 0 Å². The van der Waals surface area contributed by atoms with Gasteiger partial charge in [0, 0.05) is 18.2 Å². The SMILES string of the molecule is NC1CCC(c2nc3ncccc3[nH]2)C1. The van der Waals surface area contributed by atoms with E-state index >= 15 is 0 Å². The minimum Gasteiger partial charge on any atom is -0.340 e. The van der Waals surface area contributed by atoms with Crippen LogP contribution in [0.3, 0.4) is 0 Å². The number of aromatic nitrogens is 3. The summed E-state index contributed by atoms with van der Waals surface area (Å²) in [4.78, 5) is 12.1. The molecule has 2 heterocycles. The highest BCUT2D eigenvalue weighted by Crippen LogP contribution is 2.32. The molecule has 1 saturated carbocycles. The zero-order valence-corrected chi connectivity index (χ0v) is 8.48. The summed E-state index contributed by atoms with van der Waals surface area (Å²) in [5.74, 6) is 1.55. The largest absolute Gasteiger partial charge is 0.340 e. The predicted octanol–water partition coefficient (Wildman–Crippen LogP) is 1.55. The highest BCUT2D eigenvalue weighted by atomic mass is 15.0. The van der Waals surface area contributed by atoms with Crippen LogP contribution in [0.4, 0.5) is 0 Å². The summed E-state index contributed by atoms with van der Waals surface area (Å²) in [7, 11) is 0. The molecule has 2 unspecified atom stereocenters. The molecule has 2 aromatic rings. The number of aromatic amines is 1. The number of fused-ring (bicyclic) bond motifs is 1. The van der Waals surface area contributed by atoms with Gasteiger partial charge in [-0.2, -0.15) is 0 Å². The molecule has 0 aliphatic heterocycles. The van der Waals surface area contributed by atoms with E-state index in [1.54, 1.807) is 6.20 Å². The van der Waals surface area contributed by atoms with Crippen molar-refractivity contribution in [3.05, 3.63) is 24.2 Å². The first-order valence-corrected chi connectivity index (χ1v) is 5.39. The molecule has 3 N–H and O–H groups in total. The molecule has 1 aliphatic carbocycles. The normalized spacial score (nSPS) is 26.2. The maximum Gasteiger partial charge on any atom is 0.177 e. The van der Waals surface area contributed by atoms with Gasteiger partial charge >= 0.3 is 0 Å². The molecular formula is C11H14N4. The van der Waals surface area contributed by atoms with Gasteiger partial charge in [-0.05, 0) is 31.4 Å². The van der Waals surface area contributed by atoms with Gasteiger partial charge in [0.2, 0.25) is 0 Å². The Morgan fingerprint density at radius 1 is 1.40 bits per heavy atom. The number of H-pyrrole nitrogens is 1. The molecule has 4 nitrogen and oxygen atoms in total. The minimum atomic E-state index is 0.344. The van der Waals surface area contributed by atoms with Crippen molar-refractivity contribution in [2.75, 3.05) is 0 Å². The molecule has 2 aromatic heterocycles. The number of pyridine rings is 1. The van der Waals surface area contributed by atoms with Crippen LogP contribution in [0.2, 0.25) is 0 Å². The molecule has 0 spiro atoms. The van der Waals surface area contributed by atoms with Gasteiger partial charge in [0.1, 0.15) is 5.82 Å². The van der Waals surface area contributed by atoms with Crippen LogP contribution in [0, 0.1) is 0 Å². The lowest BCUT2D eigenvalue weighted by molar-refractivity contribution is 0.651. The molecule has 0 saturated heterocycles. The highest BCUT2D eigenvalue weighted by Gasteiger charge is 2.25. The van der Waals surface area contributed by atoms with Gasteiger partial charge in [0.15, 0.2) is 5.65 Å². The smallest absolute Gasteiger partial charge is 0.177 e. The molecule has 1 fully saturated rings. The maximum atomic E-state index is 5.90. The number of rotatable bonds is 1. The Bertz CT molecular complexity index is 443. The summed E-state index contributed by atoms with van der Waals surface area (Å²) in [5, 5.41) is 0. The van der Waals surface area contributed by atoms with Crippen molar-refractivity contribution in [2.24, 2.45) is 5.73 Å². The molecule has 0 amide bonds. The van der Waals surface area contributed by atoms with Gasteiger partial charge in [-0.25, -0.2) is 9.97 Å². The number of hydrogen-bond acceptors (Lipinski definition) is 3. The van der Waals surface area contributed by atoms with E-state index in [0.717, 1.165) is 36.3 Å². The van der Waals surface area contributed by atoms with Crippen molar-refractivity contribution < 1.29 is 0 Å². The monoisotopic (exact) mass is 202 g/mol. The average Bonchev–Trinajstić information content (AvgIpc) is 2.82. The number of nitrogens with one attached hydrogen (secondary N) is 1. The Morgan fingerprint density at radius 2 is 2.33 bits per heavy atom. The second-order valence-electron chi connectivity index (χ2n) is 4.27. The van der Waals surface area contributed by atoms with Crippen molar-refractivity contribution in [3.8, 4) is 0 Å². The lowest BCUT2D eigenvalue weighted by atomic mass is 10.1. The molecule has 3 rings (SSSR count). The van der Waals surface area contributed by atoms with Gasteiger partial charge in [0.05, 0.1) is 5.52 Å². The van der Waals surface area contributed by atoms with Gasteiger partial charge in [-0.1, -0.05) is 0 Å². The summed E-state index contributed by atoms with van der Waals surface area (Å²) < 4.78 is 0. The molecule has 15 heavy (non-hydrogen) atoms. The summed E-state index contributed by atoms with van der Waals surface area (Å²) in [5.41, 5.74) is 7.73. The van der Waals surface area contributed by atoms with E-state index < -0.39 is 0 Å². The van der Waals surface area contributed by atoms with Crippen molar-refractivity contribution in [1.29, 1.82) is 0 Å². The molecule has 78 valence electrons. The quantitative estimate of drug-likeness (QED) is 0.737. The van der Waals surface area contributed by atoms with Crippen LogP contribution in [0.5, 0.6) is 0 Å². The Hall–Kier alpha value is -1.42. The Morgan fingerprint density at radius 3 is 3.07 bits per heavy atom. The topological polar surface area (TPSA) is 67.6 Å². The summed E-state index contributed by atoms with van der Waals surface area (Å²) >= 11 is 0. The van der Waals surface area contributed by atoms with Crippen LogP contribution in [0.25, 0.3) is 11.2 Å². The lowest BCUT2D eigenvalue weighted by Crippen LogP contribution is -2.14. The van der Waals surface area contributed by atoms with E-state index in [9.17, 15) is 0 Å². The Kier molecular flexibility index (Phi) is 1.95. The van der Waals surface area contributed by atoms with Crippen LogP contribution in [-0.4, -0.2) is 21.0 Å². The predicted molar refractivity (Wildman–Crippen MR) is 58.5 cm³/mol. The van der Waals surface area contributed by atoms with Crippen LogP contribution < -0.4 is 5.73 Å². The van der Waals surface area contributed by atoms with E-state index in [2.05, 4.69) is 15.0 Å². The Labute approximate surface area is 87.9 Å². The van der Waals surface area contributed by atoms with Crippen LogP contribution in [0.15, 0.2) is 18.3 Å². The second-order valence-corrected chi connectivity index (χ2v) is 4.27. The number of hydrogen-bond donors (Lipinski definition) is 2. The third-order valence-corrected chi connectivity index (χ3v) is 3.14. The minimum absolute atomic E-state index is 0.344. The molecule has 0 bridgehead atoms. The molecule has 2 atom stereocenters. The standard InChI is InChI=1S/C11H14N4/c12-8-4-3-7(6-8)10-14-9-2-1-5-13-11(9)15-10/h1-2,5,7-8H,3-4,6,12H2,(H,13,14,15). The zero-order chi connectivity index (χ0) is 10.3. The third kappa shape index (κ3) is 1.51. The molecule has 1 aliphatic rings. The van der Waals surface area contributed by atoms with E-state index in [1.807, 2.05) is 12.1 Å². The Balaban J connectivity index is 1.98. The van der Waals surface area contributed by atoms with E-state index in [4.69, 9.17) is 5.73 Å². The van der Waals surface area contributed by atoms with Gasteiger partial charge in [-0.15, -0.1) is 0 Å². The van der Waals surface area contributed by atoms with E-state index in [1.165, 1.54) is 0 Å². The number of nitrogens with zero attached hydrogens (tertiary/aromatic N) is 2. The summed E-state index contributed by atoms with van der Waals surface area (Å²) in [6, 6.07) is 4.27. The zero-order valence-electron chi connectivity index (χ0n) is 8.48. The fourth-order valence-corrected chi connectivity index (χ4v) is 2.32. The van der Waals surface area contributed by atoms with Crippen molar-refractivity contribution in [2.45, 2.75) is 31.2 Å². The lowest BCUT2D eigenvalue weighted by Gasteiger charge is -2.04. The van der Waals surface area contributed by atoms with Gasteiger partial charge in [-0.3, -0.25) is 0 Å². The molecular weight excluding hydrogens is 188 g/mol. The number of imidazole rings is 1. The van der Waals surface area contributed by atoms with Gasteiger partial charge < -0.3 is 10.7 Å². The maximum absolute atomic E-state index is 5.90. The summed E-state index contributed by atoms with van der Waals surface area (Å²) in [6.45, 7) is 0. The molecule has 0 aromatic carbocycles. The van der Waals surface area contributed by atoms with Crippen molar-refractivity contribution in [1.82, 2.24) is 15.0 Å². The van der Waals surface area contributed by atoms with Crippen molar-refractivity contribution in [3.63, 3.8) is 0 Å². The van der Waals surface area contributed by atoms with Crippen LogP contribution in [-0.2, 0) is 0 Å². The van der Waals surface area contributed by atoms with E-state index in [-0.39, 0.29) is 0 Å². The fourth-order valence-electron chi connectivity index (χ4n) is 2.32. The molecule has 0 radical (unpaired) electrons. The summed E-state index contributed by atoms with van der Waals surface area (Å²) in [6.07, 6.45) is 5.06. The average molecular weight is 202 g/mol. The third-order valence-electron chi connectivity index (χ3n) is 3.14. The van der Waals surface area contributed by atoms with E-state index in [0.29, 0.717) is 12.0 Å². The first-order valence-electron chi connectivity index (χ1n) is 5.39. The highest BCUT2D eigenvalue weighted by molar-refractivity contribution is 5.70. The van der Waals surface area contributed by atoms with Crippen molar-refractivity contribution >= 4 is 11.2 Å². The number of nitrogens with two attached hydrogens (primary N) is 1.